The summed E-state index contributed by atoms with van der Waals surface area (Å²) in [4.78, 5) is 0. The van der Waals surface area contributed by atoms with Crippen LogP contribution in [0.3, 0.4) is 0 Å². The van der Waals surface area contributed by atoms with Crippen LogP contribution in [0.25, 0.3) is 0 Å². The summed E-state index contributed by atoms with van der Waals surface area (Å²) >= 11 is 1.69. The van der Waals surface area contributed by atoms with E-state index in [2.05, 4.69) is 15.5 Å². The van der Waals surface area contributed by atoms with Gasteiger partial charge >= 0.3 is 0 Å². The van der Waals surface area contributed by atoms with E-state index >= 15 is 0 Å². The zero-order valence-electron chi connectivity index (χ0n) is 13.0. The molecular weight excluding hydrogens is 309 g/mol. The summed E-state index contributed by atoms with van der Waals surface area (Å²) in [7, 11) is 0. The monoisotopic (exact) mass is 329 g/mol. The van der Waals surface area contributed by atoms with E-state index in [-0.39, 0.29) is 5.82 Å². The van der Waals surface area contributed by atoms with Crippen molar-refractivity contribution in [2.24, 2.45) is 17.8 Å². The van der Waals surface area contributed by atoms with Crippen LogP contribution in [0.1, 0.15) is 43.5 Å². The van der Waals surface area contributed by atoms with E-state index in [4.69, 9.17) is 0 Å². The highest BCUT2D eigenvalue weighted by atomic mass is 32.1. The molecule has 0 saturated heterocycles. The van der Waals surface area contributed by atoms with Gasteiger partial charge in [0.1, 0.15) is 10.8 Å². The zero-order valence-corrected chi connectivity index (χ0v) is 13.8. The normalized spacial score (nSPS) is 34.7. The molecule has 1 heterocycles. The van der Waals surface area contributed by atoms with Crippen LogP contribution in [0.2, 0.25) is 0 Å². The minimum absolute atomic E-state index is 0.220. The van der Waals surface area contributed by atoms with Gasteiger partial charge in [-0.25, -0.2) is 4.39 Å². The summed E-state index contributed by atoms with van der Waals surface area (Å²) in [6, 6.07) is 6.40. The van der Waals surface area contributed by atoms with Crippen molar-refractivity contribution in [2.75, 3.05) is 5.32 Å². The van der Waals surface area contributed by atoms with Crippen molar-refractivity contribution in [1.29, 1.82) is 0 Å². The molecule has 6 rings (SSSR count). The van der Waals surface area contributed by atoms with Crippen molar-refractivity contribution in [3.63, 3.8) is 0 Å². The van der Waals surface area contributed by atoms with E-state index in [1.165, 1.54) is 55.7 Å². The maximum Gasteiger partial charge on any atom is 0.210 e. The second-order valence-corrected chi connectivity index (χ2v) is 8.72. The Hall–Kier alpha value is -1.49. The molecule has 4 aliphatic carbocycles. The molecule has 1 N–H and O–H groups in total. The first-order valence-corrected chi connectivity index (χ1v) is 9.37. The quantitative estimate of drug-likeness (QED) is 0.871. The Bertz CT molecular complexity index is 689. The van der Waals surface area contributed by atoms with Gasteiger partial charge in [0.2, 0.25) is 5.13 Å². The van der Waals surface area contributed by atoms with Crippen molar-refractivity contribution >= 4 is 22.2 Å². The Labute approximate surface area is 139 Å². The molecule has 0 amide bonds. The summed E-state index contributed by atoms with van der Waals surface area (Å²) in [6.45, 7) is 0. The molecule has 0 radical (unpaired) electrons. The summed E-state index contributed by atoms with van der Waals surface area (Å²) in [5, 5.41) is 14.2. The molecule has 5 heteroatoms. The smallest absolute Gasteiger partial charge is 0.210 e. The van der Waals surface area contributed by atoms with Gasteiger partial charge in [-0.2, -0.15) is 0 Å². The van der Waals surface area contributed by atoms with Crippen molar-refractivity contribution < 1.29 is 4.39 Å². The topological polar surface area (TPSA) is 37.8 Å². The summed E-state index contributed by atoms with van der Waals surface area (Å²) in [5.41, 5.74) is 1.16. The Morgan fingerprint density at radius 3 is 2.17 bits per heavy atom. The van der Waals surface area contributed by atoms with Crippen LogP contribution in [0, 0.1) is 23.6 Å². The highest BCUT2D eigenvalue weighted by molar-refractivity contribution is 7.15. The van der Waals surface area contributed by atoms with Crippen molar-refractivity contribution in [2.45, 2.75) is 43.9 Å². The molecule has 3 nitrogen and oxygen atoms in total. The van der Waals surface area contributed by atoms with Gasteiger partial charge in [-0.15, -0.1) is 10.2 Å². The third kappa shape index (κ3) is 2.36. The zero-order chi connectivity index (χ0) is 15.4. The van der Waals surface area contributed by atoms with Crippen LogP contribution in [0.15, 0.2) is 24.3 Å². The van der Waals surface area contributed by atoms with Gasteiger partial charge in [-0.3, -0.25) is 0 Å². The van der Waals surface area contributed by atoms with Gasteiger partial charge < -0.3 is 5.32 Å². The van der Waals surface area contributed by atoms with Gasteiger partial charge in [0.25, 0.3) is 0 Å². The maximum atomic E-state index is 13.0. The first kappa shape index (κ1) is 13.9. The van der Waals surface area contributed by atoms with Gasteiger partial charge in [0, 0.05) is 11.1 Å². The van der Waals surface area contributed by atoms with E-state index in [1.807, 2.05) is 0 Å². The maximum absolute atomic E-state index is 13.0. The average molecular weight is 329 g/mol. The molecule has 4 bridgehead atoms. The number of aromatic nitrogens is 2. The third-order valence-corrected chi connectivity index (χ3v) is 7.10. The lowest BCUT2D eigenvalue weighted by Gasteiger charge is -2.55. The fourth-order valence-electron chi connectivity index (χ4n) is 5.52. The van der Waals surface area contributed by atoms with Crippen LogP contribution in [0.4, 0.5) is 15.2 Å². The van der Waals surface area contributed by atoms with E-state index < -0.39 is 0 Å². The number of anilines is 2. The number of nitrogens with one attached hydrogen (secondary N) is 1. The molecule has 1 aromatic carbocycles. The molecule has 120 valence electrons. The Morgan fingerprint density at radius 2 is 1.57 bits per heavy atom. The van der Waals surface area contributed by atoms with E-state index in [0.717, 1.165) is 28.6 Å². The third-order valence-electron chi connectivity index (χ3n) is 6.01. The molecular formula is C18H20FN3S. The van der Waals surface area contributed by atoms with Crippen molar-refractivity contribution in [3.05, 3.63) is 35.1 Å². The van der Waals surface area contributed by atoms with Crippen LogP contribution in [-0.4, -0.2) is 10.2 Å². The molecule has 1 aromatic heterocycles. The highest BCUT2D eigenvalue weighted by Crippen LogP contribution is 2.61. The van der Waals surface area contributed by atoms with E-state index in [0.29, 0.717) is 5.41 Å². The van der Waals surface area contributed by atoms with Gasteiger partial charge in [-0.1, -0.05) is 11.3 Å². The number of hydrogen-bond acceptors (Lipinski definition) is 4. The Balaban J connectivity index is 1.40. The largest absolute Gasteiger partial charge is 0.330 e. The Morgan fingerprint density at radius 1 is 0.957 bits per heavy atom. The molecule has 0 atom stereocenters. The van der Waals surface area contributed by atoms with Crippen LogP contribution in [-0.2, 0) is 5.41 Å². The number of nitrogens with zero attached hydrogens (tertiary/aromatic N) is 2. The first-order chi connectivity index (χ1) is 11.2. The lowest BCUT2D eigenvalue weighted by atomic mass is 9.50. The summed E-state index contributed by atoms with van der Waals surface area (Å²) in [5.74, 6) is 2.53. The van der Waals surface area contributed by atoms with Gasteiger partial charge in [0.05, 0.1) is 0 Å². The van der Waals surface area contributed by atoms with Gasteiger partial charge in [0.15, 0.2) is 0 Å². The predicted molar refractivity (Wildman–Crippen MR) is 89.4 cm³/mol. The number of hydrogen-bond donors (Lipinski definition) is 1. The second-order valence-electron chi connectivity index (χ2n) is 7.74. The molecule has 23 heavy (non-hydrogen) atoms. The lowest BCUT2D eigenvalue weighted by Crippen LogP contribution is -2.48. The SMILES string of the molecule is Fc1ccc(Nc2nnc(C34CC5CC(CC(C5)C3)C4)s2)cc1. The minimum atomic E-state index is -0.220. The fraction of sp³-hybridized carbons (Fsp3) is 0.556. The predicted octanol–water partition coefficient (Wildman–Crippen LogP) is 4.89. The van der Waals surface area contributed by atoms with E-state index in [9.17, 15) is 4.39 Å². The highest BCUT2D eigenvalue weighted by Gasteiger charge is 2.53. The first-order valence-electron chi connectivity index (χ1n) is 8.55. The van der Waals surface area contributed by atoms with Crippen LogP contribution < -0.4 is 5.32 Å². The van der Waals surface area contributed by atoms with E-state index in [1.54, 1.807) is 23.5 Å². The summed E-state index contributed by atoms with van der Waals surface area (Å²) < 4.78 is 13.0. The fourth-order valence-corrected chi connectivity index (χ4v) is 6.50. The van der Waals surface area contributed by atoms with Crippen LogP contribution >= 0.6 is 11.3 Å². The Kier molecular flexibility index (Phi) is 3.02. The standard InChI is InChI=1S/C18H20FN3S/c19-14-1-3-15(4-2-14)20-17-22-21-16(23-17)18-8-11-5-12(9-18)7-13(6-11)10-18/h1-4,11-13H,5-10H2,(H,20,22). The lowest BCUT2D eigenvalue weighted by molar-refractivity contribution is -0.00555. The number of rotatable bonds is 3. The molecule has 2 aromatic rings. The average Bonchev–Trinajstić information content (AvgIpc) is 2.98. The molecule has 0 aliphatic heterocycles. The summed E-state index contributed by atoms with van der Waals surface area (Å²) in [6.07, 6.45) is 8.26. The van der Waals surface area contributed by atoms with Gasteiger partial charge in [-0.05, 0) is 80.5 Å². The second kappa shape index (κ2) is 5.00. The molecule has 0 spiro atoms. The number of benzene rings is 1. The van der Waals surface area contributed by atoms with Crippen molar-refractivity contribution in [1.82, 2.24) is 10.2 Å². The number of halogens is 1. The molecule has 4 saturated carbocycles. The van der Waals surface area contributed by atoms with Crippen LogP contribution in [0.5, 0.6) is 0 Å². The minimum Gasteiger partial charge on any atom is -0.330 e. The molecule has 4 fully saturated rings. The molecule has 0 unspecified atom stereocenters. The van der Waals surface area contributed by atoms with Crippen molar-refractivity contribution in [3.8, 4) is 0 Å². The molecule has 4 aliphatic rings.